The van der Waals surface area contributed by atoms with E-state index in [0.717, 1.165) is 15.3 Å². The molecule has 2 N–H and O–H groups in total. The van der Waals surface area contributed by atoms with Crippen LogP contribution in [-0.2, 0) is 0 Å². The summed E-state index contributed by atoms with van der Waals surface area (Å²) in [7, 11) is 0. The largest absolute Gasteiger partial charge is 0.459 e. The number of hydrogen-bond donors (Lipinski definition) is 2. The molecule has 4 nitrogen and oxygen atoms in total. The maximum atomic E-state index is 11.7. The minimum absolute atomic E-state index is 0.156. The van der Waals surface area contributed by atoms with E-state index < -0.39 is 6.10 Å². The summed E-state index contributed by atoms with van der Waals surface area (Å²) in [5.41, 5.74) is 1.16. The summed E-state index contributed by atoms with van der Waals surface area (Å²) in [6.07, 6.45) is 0.721. The van der Waals surface area contributed by atoms with Gasteiger partial charge in [0.05, 0.1) is 6.26 Å². The lowest BCUT2D eigenvalue weighted by Crippen LogP contribution is -2.27. The number of thiophene rings is 2. The van der Waals surface area contributed by atoms with Gasteiger partial charge in [0.25, 0.3) is 5.91 Å². The number of nitrogens with one attached hydrogen (secondary N) is 1. The third kappa shape index (κ3) is 3.24. The molecule has 6 heteroatoms. The maximum absolute atomic E-state index is 11.7. The van der Waals surface area contributed by atoms with Gasteiger partial charge < -0.3 is 14.8 Å². The van der Waals surface area contributed by atoms with Gasteiger partial charge in [0.15, 0.2) is 5.76 Å². The number of carbonyl (C=O) groups excluding carboxylic acids is 1. The second kappa shape index (κ2) is 6.26. The fourth-order valence-corrected chi connectivity index (χ4v) is 3.60. The van der Waals surface area contributed by atoms with Gasteiger partial charge in [-0.1, -0.05) is 0 Å². The fraction of sp³-hybridized carbons (Fsp3) is 0.133. The molecule has 108 valence electrons. The van der Waals surface area contributed by atoms with E-state index in [2.05, 4.69) is 10.7 Å². The van der Waals surface area contributed by atoms with Crippen molar-refractivity contribution in [3.63, 3.8) is 0 Å². The Balaban J connectivity index is 1.61. The van der Waals surface area contributed by atoms with Crippen molar-refractivity contribution in [1.29, 1.82) is 0 Å². The zero-order valence-electron chi connectivity index (χ0n) is 11.0. The molecule has 0 radical (unpaired) electrons. The Morgan fingerprint density at radius 3 is 2.95 bits per heavy atom. The van der Waals surface area contributed by atoms with Crippen LogP contribution in [0.5, 0.6) is 0 Å². The Kier molecular flexibility index (Phi) is 4.19. The van der Waals surface area contributed by atoms with Gasteiger partial charge in [0, 0.05) is 21.9 Å². The highest BCUT2D eigenvalue weighted by molar-refractivity contribution is 7.16. The highest BCUT2D eigenvalue weighted by atomic mass is 32.1. The molecule has 0 bridgehead atoms. The second-order valence-electron chi connectivity index (χ2n) is 4.42. The third-order valence-electron chi connectivity index (χ3n) is 2.96. The topological polar surface area (TPSA) is 62.5 Å². The predicted octanol–water partition coefficient (Wildman–Crippen LogP) is 3.53. The van der Waals surface area contributed by atoms with E-state index in [1.54, 1.807) is 23.5 Å². The molecule has 0 spiro atoms. The minimum Gasteiger partial charge on any atom is -0.459 e. The minimum atomic E-state index is -0.721. The number of rotatable bonds is 5. The van der Waals surface area contributed by atoms with Gasteiger partial charge >= 0.3 is 0 Å². The van der Waals surface area contributed by atoms with Gasteiger partial charge in [-0.25, -0.2) is 0 Å². The molecular weight excluding hydrogens is 306 g/mol. The predicted molar refractivity (Wildman–Crippen MR) is 83.6 cm³/mol. The molecule has 3 rings (SSSR count). The van der Waals surface area contributed by atoms with Gasteiger partial charge in [-0.2, -0.15) is 11.3 Å². The van der Waals surface area contributed by atoms with Crippen LogP contribution in [0.15, 0.2) is 51.8 Å². The highest BCUT2D eigenvalue weighted by Crippen LogP contribution is 2.32. The summed E-state index contributed by atoms with van der Waals surface area (Å²) >= 11 is 3.17. The van der Waals surface area contributed by atoms with Crippen molar-refractivity contribution in [2.75, 3.05) is 6.54 Å². The molecule has 0 aliphatic rings. The first-order valence-electron chi connectivity index (χ1n) is 6.36. The molecule has 1 unspecified atom stereocenters. The van der Waals surface area contributed by atoms with Crippen molar-refractivity contribution in [3.8, 4) is 10.4 Å². The Morgan fingerprint density at radius 1 is 1.33 bits per heavy atom. The molecule has 0 saturated heterocycles. The SMILES string of the molecule is O=C(NCC(O)c1ccc(-c2ccsc2)s1)c1ccco1. The average Bonchev–Trinajstić information content (AvgIpc) is 3.25. The summed E-state index contributed by atoms with van der Waals surface area (Å²) < 4.78 is 5.00. The smallest absolute Gasteiger partial charge is 0.287 e. The van der Waals surface area contributed by atoms with E-state index in [9.17, 15) is 9.90 Å². The molecule has 0 fully saturated rings. The Labute approximate surface area is 129 Å². The lowest BCUT2D eigenvalue weighted by molar-refractivity contribution is 0.0890. The van der Waals surface area contributed by atoms with E-state index in [1.165, 1.54) is 17.6 Å². The summed E-state index contributed by atoms with van der Waals surface area (Å²) in [5, 5.41) is 16.9. The zero-order chi connectivity index (χ0) is 14.7. The van der Waals surface area contributed by atoms with E-state index in [-0.39, 0.29) is 18.2 Å². The van der Waals surface area contributed by atoms with Crippen molar-refractivity contribution in [3.05, 3.63) is 58.0 Å². The summed E-state index contributed by atoms with van der Waals surface area (Å²) in [5.74, 6) is -0.0824. The summed E-state index contributed by atoms with van der Waals surface area (Å²) in [6.45, 7) is 0.156. The Hall–Kier alpha value is -1.89. The number of aliphatic hydroxyl groups is 1. The molecule has 3 aromatic heterocycles. The standard InChI is InChI=1S/C15H13NO3S2/c17-11(8-16-15(18)12-2-1-6-19-12)14-4-3-13(21-14)10-5-7-20-9-10/h1-7,9,11,17H,8H2,(H,16,18). The maximum Gasteiger partial charge on any atom is 0.287 e. The van der Waals surface area contributed by atoms with E-state index >= 15 is 0 Å². The second-order valence-corrected chi connectivity index (χ2v) is 6.31. The van der Waals surface area contributed by atoms with Gasteiger partial charge in [-0.3, -0.25) is 4.79 Å². The quantitative estimate of drug-likeness (QED) is 0.756. The third-order valence-corrected chi connectivity index (χ3v) is 4.88. The molecule has 0 aliphatic carbocycles. The molecule has 1 atom stereocenters. The summed E-state index contributed by atoms with van der Waals surface area (Å²) in [6, 6.07) is 9.16. The molecule has 3 heterocycles. The average molecular weight is 319 g/mol. The first-order chi connectivity index (χ1) is 10.2. The molecule has 0 aromatic carbocycles. The van der Waals surface area contributed by atoms with Crippen LogP contribution in [0.1, 0.15) is 21.5 Å². The number of aliphatic hydroxyl groups excluding tert-OH is 1. The van der Waals surface area contributed by atoms with Crippen LogP contribution in [0, 0.1) is 0 Å². The van der Waals surface area contributed by atoms with Crippen LogP contribution in [0.4, 0.5) is 0 Å². The van der Waals surface area contributed by atoms with E-state index in [0.29, 0.717) is 0 Å². The number of hydrogen-bond acceptors (Lipinski definition) is 5. The van der Waals surface area contributed by atoms with Gasteiger partial charge in [-0.15, -0.1) is 11.3 Å². The summed E-state index contributed by atoms with van der Waals surface area (Å²) in [4.78, 5) is 13.7. The van der Waals surface area contributed by atoms with Crippen molar-refractivity contribution in [2.45, 2.75) is 6.10 Å². The highest BCUT2D eigenvalue weighted by Gasteiger charge is 2.14. The van der Waals surface area contributed by atoms with Gasteiger partial charge in [-0.05, 0) is 41.1 Å². The molecule has 0 saturated carbocycles. The number of amides is 1. The van der Waals surface area contributed by atoms with Crippen LogP contribution in [0.25, 0.3) is 10.4 Å². The molecule has 21 heavy (non-hydrogen) atoms. The van der Waals surface area contributed by atoms with Crippen LogP contribution < -0.4 is 5.32 Å². The van der Waals surface area contributed by atoms with Crippen molar-refractivity contribution >= 4 is 28.6 Å². The van der Waals surface area contributed by atoms with E-state index in [1.807, 2.05) is 23.6 Å². The normalized spacial score (nSPS) is 12.2. The molecular formula is C15H13NO3S2. The number of carbonyl (C=O) groups is 1. The molecule has 0 aliphatic heterocycles. The van der Waals surface area contributed by atoms with Crippen LogP contribution in [0.3, 0.4) is 0 Å². The number of furan rings is 1. The Bertz CT molecular complexity index is 701. The molecule has 3 aromatic rings. The van der Waals surface area contributed by atoms with Gasteiger partial charge in [0.2, 0.25) is 0 Å². The molecule has 1 amide bonds. The zero-order valence-corrected chi connectivity index (χ0v) is 12.6. The van der Waals surface area contributed by atoms with Crippen LogP contribution in [0.2, 0.25) is 0 Å². The van der Waals surface area contributed by atoms with Crippen molar-refractivity contribution in [2.24, 2.45) is 0 Å². The lowest BCUT2D eigenvalue weighted by Gasteiger charge is -2.09. The van der Waals surface area contributed by atoms with Crippen LogP contribution >= 0.6 is 22.7 Å². The lowest BCUT2D eigenvalue weighted by atomic mass is 10.2. The van der Waals surface area contributed by atoms with Crippen LogP contribution in [-0.4, -0.2) is 17.6 Å². The monoisotopic (exact) mass is 319 g/mol. The first-order valence-corrected chi connectivity index (χ1v) is 8.12. The first kappa shape index (κ1) is 14.1. The van der Waals surface area contributed by atoms with Crippen molar-refractivity contribution in [1.82, 2.24) is 5.32 Å². The van der Waals surface area contributed by atoms with E-state index in [4.69, 9.17) is 4.42 Å². The van der Waals surface area contributed by atoms with Gasteiger partial charge in [0.1, 0.15) is 6.10 Å². The Morgan fingerprint density at radius 2 is 2.24 bits per heavy atom. The fourth-order valence-electron chi connectivity index (χ4n) is 1.88. The van der Waals surface area contributed by atoms with Crippen molar-refractivity contribution < 1.29 is 14.3 Å².